The van der Waals surface area contributed by atoms with E-state index in [0.717, 1.165) is 25.5 Å². The molecule has 15 heavy (non-hydrogen) atoms. The molecule has 0 aromatic rings. The van der Waals surface area contributed by atoms with E-state index in [9.17, 15) is 0 Å². The molecule has 2 rings (SSSR count). The number of hydrogen-bond donors (Lipinski definition) is 2. The lowest BCUT2D eigenvalue weighted by atomic mass is 9.93. The van der Waals surface area contributed by atoms with Crippen molar-refractivity contribution in [1.29, 1.82) is 0 Å². The molecule has 0 aromatic carbocycles. The van der Waals surface area contributed by atoms with Crippen molar-refractivity contribution in [3.63, 3.8) is 0 Å². The summed E-state index contributed by atoms with van der Waals surface area (Å²) >= 11 is 0. The highest BCUT2D eigenvalue weighted by Crippen LogP contribution is 2.25. The topological polar surface area (TPSA) is 33.3 Å². The van der Waals surface area contributed by atoms with E-state index < -0.39 is 0 Å². The molecule has 0 radical (unpaired) electrons. The summed E-state index contributed by atoms with van der Waals surface area (Å²) in [7, 11) is 0. The van der Waals surface area contributed by atoms with Crippen molar-refractivity contribution in [2.75, 3.05) is 19.7 Å². The van der Waals surface area contributed by atoms with E-state index in [1.165, 1.54) is 13.0 Å². The first-order chi connectivity index (χ1) is 7.12. The fraction of sp³-hybridized carbons (Fsp3) is 1.00. The molecular formula is C12H24N2O. The summed E-state index contributed by atoms with van der Waals surface area (Å²) in [5.41, 5.74) is 0.185. The molecule has 0 bridgehead atoms. The molecule has 4 unspecified atom stereocenters. The van der Waals surface area contributed by atoms with Gasteiger partial charge in [0.05, 0.1) is 6.10 Å². The van der Waals surface area contributed by atoms with E-state index in [2.05, 4.69) is 31.4 Å². The molecule has 2 saturated heterocycles. The second-order valence-electron chi connectivity index (χ2n) is 5.39. The van der Waals surface area contributed by atoms with Gasteiger partial charge in [0, 0.05) is 24.7 Å². The van der Waals surface area contributed by atoms with Gasteiger partial charge in [-0.25, -0.2) is 0 Å². The van der Waals surface area contributed by atoms with Gasteiger partial charge in [-0.3, -0.25) is 0 Å². The second kappa shape index (κ2) is 4.40. The summed E-state index contributed by atoms with van der Waals surface area (Å²) in [4.78, 5) is 0. The van der Waals surface area contributed by atoms with Crippen LogP contribution in [0.15, 0.2) is 0 Å². The van der Waals surface area contributed by atoms with E-state index in [4.69, 9.17) is 4.74 Å². The van der Waals surface area contributed by atoms with Gasteiger partial charge >= 0.3 is 0 Å². The molecule has 2 aliphatic rings. The first-order valence-electron chi connectivity index (χ1n) is 6.22. The Kier molecular flexibility index (Phi) is 3.33. The van der Waals surface area contributed by atoms with Crippen molar-refractivity contribution in [2.45, 2.75) is 51.3 Å². The zero-order chi connectivity index (χ0) is 10.9. The molecule has 4 atom stereocenters. The lowest BCUT2D eigenvalue weighted by molar-refractivity contribution is 0.0875. The van der Waals surface area contributed by atoms with E-state index in [-0.39, 0.29) is 5.54 Å². The fourth-order valence-corrected chi connectivity index (χ4v) is 2.58. The third-order valence-electron chi connectivity index (χ3n) is 4.31. The van der Waals surface area contributed by atoms with Crippen LogP contribution in [0.2, 0.25) is 0 Å². The summed E-state index contributed by atoms with van der Waals surface area (Å²) in [5.74, 6) is 0.804. The first kappa shape index (κ1) is 11.4. The molecule has 2 heterocycles. The number of hydrogen-bond acceptors (Lipinski definition) is 3. The molecule has 3 heteroatoms. The van der Waals surface area contributed by atoms with E-state index in [1.54, 1.807) is 0 Å². The molecule has 0 spiro atoms. The quantitative estimate of drug-likeness (QED) is 0.736. The number of rotatable bonds is 3. The van der Waals surface area contributed by atoms with E-state index in [1.807, 2.05) is 0 Å². The lowest BCUT2D eigenvalue weighted by Crippen LogP contribution is -2.52. The Morgan fingerprint density at radius 3 is 2.80 bits per heavy atom. The van der Waals surface area contributed by atoms with Gasteiger partial charge in [-0.2, -0.15) is 0 Å². The number of nitrogens with one attached hydrogen (secondary N) is 2. The predicted molar refractivity (Wildman–Crippen MR) is 62.0 cm³/mol. The van der Waals surface area contributed by atoms with Crippen LogP contribution in [0.5, 0.6) is 0 Å². The highest BCUT2D eigenvalue weighted by atomic mass is 16.5. The van der Waals surface area contributed by atoms with Crippen LogP contribution in [0.25, 0.3) is 0 Å². The van der Waals surface area contributed by atoms with Crippen molar-refractivity contribution in [3.8, 4) is 0 Å². The Morgan fingerprint density at radius 1 is 1.47 bits per heavy atom. The molecule has 3 nitrogen and oxygen atoms in total. The summed E-state index contributed by atoms with van der Waals surface area (Å²) in [6.07, 6.45) is 2.79. The van der Waals surface area contributed by atoms with E-state index >= 15 is 0 Å². The second-order valence-corrected chi connectivity index (χ2v) is 5.39. The van der Waals surface area contributed by atoms with Crippen LogP contribution in [0, 0.1) is 5.92 Å². The van der Waals surface area contributed by atoms with Gasteiger partial charge < -0.3 is 15.4 Å². The average Bonchev–Trinajstić information content (AvgIpc) is 2.73. The molecule has 2 fully saturated rings. The van der Waals surface area contributed by atoms with Crippen LogP contribution in [-0.2, 0) is 4.74 Å². The highest BCUT2D eigenvalue weighted by Gasteiger charge is 2.37. The average molecular weight is 212 g/mol. The summed E-state index contributed by atoms with van der Waals surface area (Å²) in [6, 6.07) is 0.648. The van der Waals surface area contributed by atoms with Crippen molar-refractivity contribution in [2.24, 2.45) is 5.92 Å². The third kappa shape index (κ3) is 2.35. The molecule has 2 aliphatic heterocycles. The maximum atomic E-state index is 5.63. The molecule has 88 valence electrons. The third-order valence-corrected chi connectivity index (χ3v) is 4.31. The molecular weight excluding hydrogens is 188 g/mol. The zero-order valence-corrected chi connectivity index (χ0v) is 10.2. The van der Waals surface area contributed by atoms with Gasteiger partial charge in [-0.1, -0.05) is 6.92 Å². The number of ether oxygens (including phenoxy) is 1. The first-order valence-corrected chi connectivity index (χ1v) is 6.22. The van der Waals surface area contributed by atoms with E-state index in [0.29, 0.717) is 12.1 Å². The summed E-state index contributed by atoms with van der Waals surface area (Å²) in [6.45, 7) is 9.94. The summed E-state index contributed by atoms with van der Waals surface area (Å²) < 4.78 is 5.63. The molecule has 2 N–H and O–H groups in total. The molecule has 0 aromatic heterocycles. The van der Waals surface area contributed by atoms with Crippen molar-refractivity contribution in [1.82, 2.24) is 10.6 Å². The Bertz CT molecular complexity index is 222. The van der Waals surface area contributed by atoms with Gasteiger partial charge in [0.15, 0.2) is 0 Å². The highest BCUT2D eigenvalue weighted by molar-refractivity contribution is 4.95. The van der Waals surface area contributed by atoms with Crippen molar-refractivity contribution < 1.29 is 4.74 Å². The normalized spacial score (nSPS) is 46.2. The van der Waals surface area contributed by atoms with Gasteiger partial charge in [0.1, 0.15) is 0 Å². The SMILES string of the molecule is CC1CCNC1CNC1(C)CCOC1C. The molecule has 0 amide bonds. The van der Waals surface area contributed by atoms with Crippen LogP contribution in [0.3, 0.4) is 0 Å². The fourth-order valence-electron chi connectivity index (χ4n) is 2.58. The van der Waals surface area contributed by atoms with Gasteiger partial charge in [0.2, 0.25) is 0 Å². The Morgan fingerprint density at radius 2 is 2.27 bits per heavy atom. The monoisotopic (exact) mass is 212 g/mol. The Hall–Kier alpha value is -0.120. The van der Waals surface area contributed by atoms with Crippen LogP contribution in [0.4, 0.5) is 0 Å². The Labute approximate surface area is 93.0 Å². The predicted octanol–water partition coefficient (Wildman–Crippen LogP) is 1.14. The zero-order valence-electron chi connectivity index (χ0n) is 10.2. The Balaban J connectivity index is 1.81. The summed E-state index contributed by atoms with van der Waals surface area (Å²) in [5, 5.41) is 7.25. The van der Waals surface area contributed by atoms with Crippen LogP contribution in [0.1, 0.15) is 33.6 Å². The van der Waals surface area contributed by atoms with Crippen molar-refractivity contribution >= 4 is 0 Å². The largest absolute Gasteiger partial charge is 0.377 e. The van der Waals surface area contributed by atoms with Crippen LogP contribution in [-0.4, -0.2) is 37.4 Å². The maximum Gasteiger partial charge on any atom is 0.0726 e. The minimum atomic E-state index is 0.185. The lowest BCUT2D eigenvalue weighted by Gasteiger charge is -2.31. The minimum absolute atomic E-state index is 0.185. The minimum Gasteiger partial charge on any atom is -0.377 e. The smallest absolute Gasteiger partial charge is 0.0726 e. The molecule has 0 saturated carbocycles. The van der Waals surface area contributed by atoms with Crippen LogP contribution < -0.4 is 10.6 Å². The van der Waals surface area contributed by atoms with Crippen molar-refractivity contribution in [3.05, 3.63) is 0 Å². The van der Waals surface area contributed by atoms with Crippen LogP contribution >= 0.6 is 0 Å². The van der Waals surface area contributed by atoms with Gasteiger partial charge in [-0.15, -0.1) is 0 Å². The van der Waals surface area contributed by atoms with Gasteiger partial charge in [-0.05, 0) is 39.2 Å². The standard InChI is InChI=1S/C12H24N2O/c1-9-4-6-13-11(9)8-14-12(3)5-7-15-10(12)2/h9-11,13-14H,4-8H2,1-3H3. The maximum absolute atomic E-state index is 5.63. The molecule has 0 aliphatic carbocycles. The van der Waals surface area contributed by atoms with Gasteiger partial charge in [0.25, 0.3) is 0 Å².